The molecular weight excluding hydrogens is 802 g/mol. The first-order chi connectivity index (χ1) is 28.9. The summed E-state index contributed by atoms with van der Waals surface area (Å²) in [5, 5.41) is 19.3. The number of carboxylic acid groups (broad SMARTS) is 2. The first kappa shape index (κ1) is 43.7. The van der Waals surface area contributed by atoms with Gasteiger partial charge in [0.05, 0.1) is 59.1 Å². The molecule has 0 saturated carbocycles. The van der Waals surface area contributed by atoms with E-state index >= 15 is 0 Å². The molecule has 7 rings (SSSR count). The average molecular weight is 847 g/mol. The summed E-state index contributed by atoms with van der Waals surface area (Å²) in [6.45, 7) is 6.26. The molecule has 0 spiro atoms. The number of hydrogen-bond donors (Lipinski definition) is 5. The van der Waals surface area contributed by atoms with Gasteiger partial charge in [-0.1, -0.05) is 44.2 Å². The third-order valence-electron chi connectivity index (χ3n) is 10.6. The van der Waals surface area contributed by atoms with Crippen LogP contribution in [0.1, 0.15) is 70.2 Å². The van der Waals surface area contributed by atoms with E-state index in [1.54, 1.807) is 22.2 Å². The van der Waals surface area contributed by atoms with E-state index in [1.807, 2.05) is 62.5 Å². The molecule has 17 nitrogen and oxygen atoms in total. The summed E-state index contributed by atoms with van der Waals surface area (Å²) >= 11 is 0. The zero-order valence-electron chi connectivity index (χ0n) is 33.7. The van der Waals surface area contributed by atoms with Crippen LogP contribution in [0.5, 0.6) is 0 Å². The van der Waals surface area contributed by atoms with E-state index in [0.29, 0.717) is 24.7 Å². The molecule has 4 amide bonds. The average Bonchev–Trinajstić information content (AvgIpc) is 4.06. The molecule has 0 radical (unpaired) electrons. The molecule has 2 aromatic carbocycles. The highest BCUT2D eigenvalue weighted by Gasteiger charge is 2.40. The van der Waals surface area contributed by atoms with Crippen LogP contribution in [0.15, 0.2) is 61.1 Å². The fraction of sp³-hybridized carbons (Fsp3) is 0.390. The van der Waals surface area contributed by atoms with Crippen molar-refractivity contribution in [1.29, 1.82) is 0 Å². The number of benzene rings is 2. The van der Waals surface area contributed by atoms with Crippen molar-refractivity contribution in [3.05, 3.63) is 72.7 Å². The molecule has 20 heteroatoms. The van der Waals surface area contributed by atoms with E-state index < -0.39 is 24.3 Å². The number of alkyl halides is 3. The minimum Gasteiger partial charge on any atom is -0.475 e. The number of nitrogens with zero attached hydrogens (tertiary/aromatic N) is 7. The van der Waals surface area contributed by atoms with Gasteiger partial charge in [0.25, 0.3) is 0 Å². The van der Waals surface area contributed by atoms with E-state index in [9.17, 15) is 37.5 Å². The second-order valence-electron chi connectivity index (χ2n) is 15.1. The molecule has 5 heterocycles. The largest absolute Gasteiger partial charge is 0.490 e. The maximum absolute atomic E-state index is 13.6. The van der Waals surface area contributed by atoms with Gasteiger partial charge < -0.3 is 35.3 Å². The molecule has 5 N–H and O–H groups in total. The van der Waals surface area contributed by atoms with Crippen LogP contribution in [0.2, 0.25) is 0 Å². The smallest absolute Gasteiger partial charge is 0.475 e. The monoisotopic (exact) mass is 846 g/mol. The minimum absolute atomic E-state index is 0.0271. The molecule has 5 aromatic rings. The number of rotatable bonds is 10. The van der Waals surface area contributed by atoms with Crippen molar-refractivity contribution < 1.29 is 47.4 Å². The van der Waals surface area contributed by atoms with Gasteiger partial charge >= 0.3 is 18.2 Å². The standard InChI is InChI=1S/C39H44N10O5.C2HF3O2/c1-22(2)35(47(4)39(53)54)38(52)49-16-6-8-33(49)37-42-19-30(45-37)25-11-9-24(10-12-25)29-18-41-28-17-26(13-14-27(28)44-29)31-20-43-36(46-31)32-7-5-15-48(32)34(51)21-40-23(3)50;3-2(4,5)1(6)7/h9-14,17-20,22,32-33,35H,5-8,15-16,21H2,1-4H3,(H,40,50)(H,42,45)(H,43,46)(H,53,54);(H,6,7)/t32-,33-,35-;/m0./s1. The summed E-state index contributed by atoms with van der Waals surface area (Å²) in [6, 6.07) is 12.6. The third kappa shape index (κ3) is 9.96. The number of carbonyl (C=O) groups is 5. The van der Waals surface area contributed by atoms with Crippen LogP contribution < -0.4 is 5.32 Å². The number of aromatic nitrogens is 6. The Labute approximate surface area is 347 Å². The second kappa shape index (κ2) is 18.2. The Morgan fingerprint density at radius 1 is 0.852 bits per heavy atom. The highest BCUT2D eigenvalue weighted by molar-refractivity contribution is 5.86. The summed E-state index contributed by atoms with van der Waals surface area (Å²) in [4.78, 5) is 88.6. The van der Waals surface area contributed by atoms with Crippen LogP contribution >= 0.6 is 0 Å². The number of hydrogen-bond acceptors (Lipinski definition) is 9. The van der Waals surface area contributed by atoms with Gasteiger partial charge in [-0.15, -0.1) is 0 Å². The first-order valence-corrected chi connectivity index (χ1v) is 19.5. The molecule has 2 fully saturated rings. The summed E-state index contributed by atoms with van der Waals surface area (Å²) in [5.74, 6) is -2.11. The number of halogens is 3. The summed E-state index contributed by atoms with van der Waals surface area (Å²) in [6.07, 6.45) is 2.36. The normalized spacial score (nSPS) is 16.9. The second-order valence-corrected chi connectivity index (χ2v) is 15.1. The Morgan fingerprint density at radius 2 is 1.46 bits per heavy atom. The quantitative estimate of drug-likeness (QED) is 0.113. The molecular formula is C41H45F3N10O7. The van der Waals surface area contributed by atoms with Gasteiger partial charge in [0.15, 0.2) is 0 Å². The Morgan fingerprint density at radius 3 is 2.07 bits per heavy atom. The lowest BCUT2D eigenvalue weighted by Gasteiger charge is -2.33. The number of fused-ring (bicyclic) bond motifs is 1. The number of amides is 4. The van der Waals surface area contributed by atoms with Crippen molar-refractivity contribution in [3.8, 4) is 33.8 Å². The van der Waals surface area contributed by atoms with Gasteiger partial charge in [-0.3, -0.25) is 24.3 Å². The van der Waals surface area contributed by atoms with Crippen LogP contribution in [-0.4, -0.2) is 124 Å². The lowest BCUT2D eigenvalue weighted by molar-refractivity contribution is -0.192. The van der Waals surface area contributed by atoms with Crippen LogP contribution in [0.3, 0.4) is 0 Å². The molecule has 0 bridgehead atoms. The number of imidazole rings is 2. The summed E-state index contributed by atoms with van der Waals surface area (Å²) in [5.41, 5.74) is 6.46. The Hall–Kier alpha value is -6.86. The molecule has 2 aliphatic rings. The van der Waals surface area contributed by atoms with Crippen molar-refractivity contribution >= 4 is 40.8 Å². The summed E-state index contributed by atoms with van der Waals surface area (Å²) in [7, 11) is 1.44. The van der Waals surface area contributed by atoms with E-state index in [1.165, 1.54) is 14.0 Å². The zero-order chi connectivity index (χ0) is 44.2. The van der Waals surface area contributed by atoms with Gasteiger partial charge in [-0.25, -0.2) is 24.5 Å². The van der Waals surface area contributed by atoms with E-state index in [-0.39, 0.29) is 42.3 Å². The number of aliphatic carboxylic acids is 1. The molecule has 3 atom stereocenters. The van der Waals surface area contributed by atoms with Gasteiger partial charge in [0.2, 0.25) is 17.7 Å². The predicted molar refractivity (Wildman–Crippen MR) is 214 cm³/mol. The van der Waals surface area contributed by atoms with Crippen LogP contribution in [-0.2, 0) is 19.2 Å². The Bertz CT molecular complexity index is 2420. The fourth-order valence-electron chi connectivity index (χ4n) is 7.59. The van der Waals surface area contributed by atoms with Gasteiger partial charge in [-0.2, -0.15) is 13.2 Å². The van der Waals surface area contributed by atoms with E-state index in [0.717, 1.165) is 75.4 Å². The number of H-pyrrole nitrogens is 2. The highest BCUT2D eigenvalue weighted by atomic mass is 19.4. The zero-order valence-corrected chi connectivity index (χ0v) is 33.7. The summed E-state index contributed by atoms with van der Waals surface area (Å²) < 4.78 is 31.7. The number of likely N-dealkylation sites (N-methyl/N-ethyl adjacent to an activating group) is 1. The first-order valence-electron chi connectivity index (χ1n) is 19.5. The van der Waals surface area contributed by atoms with Crippen molar-refractivity contribution in [2.75, 3.05) is 26.7 Å². The minimum atomic E-state index is -5.08. The van der Waals surface area contributed by atoms with Crippen molar-refractivity contribution in [2.24, 2.45) is 5.92 Å². The third-order valence-corrected chi connectivity index (χ3v) is 10.6. The molecule has 2 saturated heterocycles. The van der Waals surface area contributed by atoms with Crippen molar-refractivity contribution in [2.45, 2.75) is 70.8 Å². The van der Waals surface area contributed by atoms with Crippen molar-refractivity contribution in [3.63, 3.8) is 0 Å². The lowest BCUT2D eigenvalue weighted by atomic mass is 10.0. The predicted octanol–water partition coefficient (Wildman–Crippen LogP) is 5.81. The number of carboxylic acids is 1. The number of nitrogens with one attached hydrogen (secondary N) is 3. The van der Waals surface area contributed by atoms with Crippen LogP contribution in [0.4, 0.5) is 18.0 Å². The molecule has 322 valence electrons. The molecule has 3 aromatic heterocycles. The van der Waals surface area contributed by atoms with Crippen molar-refractivity contribution in [1.82, 2.24) is 49.9 Å². The van der Waals surface area contributed by atoms with E-state index in [2.05, 4.69) is 20.3 Å². The van der Waals surface area contributed by atoms with E-state index in [4.69, 9.17) is 24.9 Å². The Balaban J connectivity index is 0.000000819. The number of aromatic amines is 2. The van der Waals surface area contributed by atoms with Gasteiger partial charge in [0, 0.05) is 49.9 Å². The Kier molecular flexibility index (Phi) is 13.0. The molecule has 0 unspecified atom stereocenters. The molecule has 61 heavy (non-hydrogen) atoms. The lowest BCUT2D eigenvalue weighted by Crippen LogP contribution is -2.51. The maximum atomic E-state index is 13.6. The van der Waals surface area contributed by atoms with Gasteiger partial charge in [0.1, 0.15) is 17.7 Å². The SMILES string of the molecule is CC(=O)NCC(=O)N1CCC[C@H]1c1ncc(-c2ccc3nc(-c4ccc(-c5c[nH]c([C@@H]6CCCN6C(=O)[C@H](C(C)C)N(C)C(=O)O)n5)cc4)cnc3c2)[nH]1.O=C(O)C(F)(F)F. The molecule has 2 aliphatic heterocycles. The number of likely N-dealkylation sites (tertiary alicyclic amines) is 2. The topological polar surface area (TPSA) is 231 Å². The highest BCUT2D eigenvalue weighted by Crippen LogP contribution is 2.35. The maximum Gasteiger partial charge on any atom is 0.490 e. The van der Waals surface area contributed by atoms with Crippen LogP contribution in [0, 0.1) is 5.92 Å². The fourth-order valence-corrected chi connectivity index (χ4v) is 7.59. The molecule has 0 aliphatic carbocycles. The van der Waals surface area contributed by atoms with Crippen LogP contribution in [0.25, 0.3) is 44.8 Å². The van der Waals surface area contributed by atoms with Gasteiger partial charge in [-0.05, 0) is 43.7 Å². The number of carbonyl (C=O) groups excluding carboxylic acids is 3.